The van der Waals surface area contributed by atoms with Gasteiger partial charge in [0.25, 0.3) is 5.91 Å². The van der Waals surface area contributed by atoms with Crippen molar-refractivity contribution in [3.05, 3.63) is 53.6 Å². The first kappa shape index (κ1) is 18.2. The molecule has 2 aromatic carbocycles. The third kappa shape index (κ3) is 4.90. The highest BCUT2D eigenvalue weighted by molar-refractivity contribution is 5.95. The molecule has 6 nitrogen and oxygen atoms in total. The third-order valence-electron chi connectivity index (χ3n) is 3.15. The van der Waals surface area contributed by atoms with Crippen molar-refractivity contribution >= 4 is 12.1 Å². The molecule has 0 aromatic heterocycles. The van der Waals surface area contributed by atoms with Gasteiger partial charge in [-0.2, -0.15) is 13.9 Å². The maximum atomic E-state index is 12.3. The molecule has 0 aliphatic rings. The van der Waals surface area contributed by atoms with Crippen LogP contribution in [-0.2, 0) is 0 Å². The highest BCUT2D eigenvalue weighted by Gasteiger charge is 2.10. The van der Waals surface area contributed by atoms with Crippen LogP contribution in [0.25, 0.3) is 0 Å². The van der Waals surface area contributed by atoms with Gasteiger partial charge in [0, 0.05) is 11.1 Å². The van der Waals surface area contributed by atoms with Crippen LogP contribution in [-0.4, -0.2) is 33.0 Å². The Labute approximate surface area is 143 Å². The summed E-state index contributed by atoms with van der Waals surface area (Å²) >= 11 is 0. The van der Waals surface area contributed by atoms with Gasteiger partial charge < -0.3 is 14.2 Å². The summed E-state index contributed by atoms with van der Waals surface area (Å²) in [6.07, 6.45) is 1.22. The first-order chi connectivity index (χ1) is 12.0. The lowest BCUT2D eigenvalue weighted by Crippen LogP contribution is -2.17. The summed E-state index contributed by atoms with van der Waals surface area (Å²) in [6, 6.07) is 10.7. The lowest BCUT2D eigenvalue weighted by molar-refractivity contribution is -0.0499. The van der Waals surface area contributed by atoms with E-state index in [1.165, 1.54) is 38.6 Å². The number of halogens is 2. The zero-order chi connectivity index (χ0) is 18.2. The number of carbonyl (C=O) groups excluding carboxylic acids is 1. The number of methoxy groups -OCH3 is 2. The van der Waals surface area contributed by atoms with Gasteiger partial charge in [0.15, 0.2) is 11.5 Å². The number of nitrogens with one attached hydrogen (secondary N) is 1. The van der Waals surface area contributed by atoms with Gasteiger partial charge >= 0.3 is 6.61 Å². The Morgan fingerprint density at radius 2 is 1.80 bits per heavy atom. The van der Waals surface area contributed by atoms with Crippen molar-refractivity contribution in [2.24, 2.45) is 5.10 Å². The van der Waals surface area contributed by atoms with Gasteiger partial charge in [-0.15, -0.1) is 0 Å². The Kier molecular flexibility index (Phi) is 6.27. The molecule has 0 aliphatic heterocycles. The van der Waals surface area contributed by atoms with Crippen molar-refractivity contribution in [1.29, 1.82) is 0 Å². The Hall–Kier alpha value is -3.16. The summed E-state index contributed by atoms with van der Waals surface area (Å²) in [6.45, 7) is -2.95. The number of ether oxygens (including phenoxy) is 3. The van der Waals surface area contributed by atoms with Crippen molar-refractivity contribution in [3.63, 3.8) is 0 Å². The van der Waals surface area contributed by atoms with Crippen LogP contribution in [0.15, 0.2) is 47.6 Å². The van der Waals surface area contributed by atoms with Gasteiger partial charge in [0.05, 0.1) is 20.4 Å². The van der Waals surface area contributed by atoms with Crippen LogP contribution in [0.5, 0.6) is 17.2 Å². The number of hydrogen-bond donors (Lipinski definition) is 1. The first-order valence-electron chi connectivity index (χ1n) is 7.14. The molecule has 8 heteroatoms. The SMILES string of the molecule is COc1ccc(C(=O)N/N=C/c2ccccc2OC(F)F)cc1OC. The largest absolute Gasteiger partial charge is 0.493 e. The van der Waals surface area contributed by atoms with E-state index in [2.05, 4.69) is 15.3 Å². The molecule has 0 radical (unpaired) electrons. The Balaban J connectivity index is 2.09. The average Bonchev–Trinajstić information content (AvgIpc) is 2.62. The van der Waals surface area contributed by atoms with Crippen molar-refractivity contribution in [1.82, 2.24) is 5.43 Å². The zero-order valence-corrected chi connectivity index (χ0v) is 13.5. The van der Waals surface area contributed by atoms with Crippen LogP contribution in [0.1, 0.15) is 15.9 Å². The molecule has 0 fully saturated rings. The molecule has 132 valence electrons. The van der Waals surface area contributed by atoms with E-state index < -0.39 is 12.5 Å². The summed E-state index contributed by atoms with van der Waals surface area (Å²) in [5.41, 5.74) is 2.91. The number of carbonyl (C=O) groups is 1. The molecule has 0 spiro atoms. The molecule has 2 rings (SSSR count). The van der Waals surface area contributed by atoms with Crippen molar-refractivity contribution in [2.75, 3.05) is 14.2 Å². The molecule has 0 atom stereocenters. The third-order valence-corrected chi connectivity index (χ3v) is 3.15. The Morgan fingerprint density at radius 3 is 2.48 bits per heavy atom. The zero-order valence-electron chi connectivity index (χ0n) is 13.5. The molecule has 0 heterocycles. The molecule has 0 bridgehead atoms. The predicted octanol–water partition coefficient (Wildman–Crippen LogP) is 3.07. The van der Waals surface area contributed by atoms with E-state index >= 15 is 0 Å². The van der Waals surface area contributed by atoms with Crippen LogP contribution in [0.3, 0.4) is 0 Å². The smallest absolute Gasteiger partial charge is 0.387 e. The topological polar surface area (TPSA) is 69.2 Å². The van der Waals surface area contributed by atoms with Gasteiger partial charge in [-0.05, 0) is 30.3 Å². The highest BCUT2D eigenvalue weighted by Crippen LogP contribution is 2.27. The van der Waals surface area contributed by atoms with Gasteiger partial charge in [0.2, 0.25) is 0 Å². The van der Waals surface area contributed by atoms with Crippen LogP contribution in [0.4, 0.5) is 8.78 Å². The van der Waals surface area contributed by atoms with Crippen molar-refractivity contribution < 1.29 is 27.8 Å². The predicted molar refractivity (Wildman–Crippen MR) is 87.7 cm³/mol. The summed E-state index contributed by atoms with van der Waals surface area (Å²) in [4.78, 5) is 12.1. The molecule has 1 N–H and O–H groups in total. The fourth-order valence-electron chi connectivity index (χ4n) is 1.99. The Bertz CT molecular complexity index is 766. The fraction of sp³-hybridized carbons (Fsp3) is 0.176. The van der Waals surface area contributed by atoms with Crippen LogP contribution < -0.4 is 19.6 Å². The lowest BCUT2D eigenvalue weighted by atomic mass is 10.2. The van der Waals surface area contributed by atoms with E-state index in [9.17, 15) is 13.6 Å². The second-order valence-corrected chi connectivity index (χ2v) is 4.69. The van der Waals surface area contributed by atoms with Crippen LogP contribution >= 0.6 is 0 Å². The number of benzene rings is 2. The Morgan fingerprint density at radius 1 is 1.08 bits per heavy atom. The molecule has 0 unspecified atom stereocenters. The number of hydrazone groups is 1. The first-order valence-corrected chi connectivity index (χ1v) is 7.14. The summed E-state index contributed by atoms with van der Waals surface area (Å²) in [5.74, 6) is 0.349. The van der Waals surface area contributed by atoms with E-state index in [1.807, 2.05) is 0 Å². The van der Waals surface area contributed by atoms with Crippen LogP contribution in [0, 0.1) is 0 Å². The number of nitrogens with zero attached hydrogens (tertiary/aromatic N) is 1. The highest BCUT2D eigenvalue weighted by atomic mass is 19.3. The minimum Gasteiger partial charge on any atom is -0.493 e. The van der Waals surface area contributed by atoms with Gasteiger partial charge in [-0.3, -0.25) is 4.79 Å². The average molecular weight is 350 g/mol. The molecule has 25 heavy (non-hydrogen) atoms. The van der Waals surface area contributed by atoms with E-state index in [1.54, 1.807) is 24.3 Å². The minimum atomic E-state index is -2.95. The maximum absolute atomic E-state index is 12.3. The molecule has 1 amide bonds. The summed E-state index contributed by atoms with van der Waals surface area (Å²) in [7, 11) is 2.94. The van der Waals surface area contributed by atoms with E-state index in [0.29, 0.717) is 22.6 Å². The summed E-state index contributed by atoms with van der Waals surface area (Å²) < 4.78 is 39.3. The van der Waals surface area contributed by atoms with Crippen molar-refractivity contribution in [3.8, 4) is 17.2 Å². The minimum absolute atomic E-state index is 0.0402. The summed E-state index contributed by atoms with van der Waals surface area (Å²) in [5, 5.41) is 3.76. The fourth-order valence-corrected chi connectivity index (χ4v) is 1.99. The molecule has 2 aromatic rings. The monoisotopic (exact) mass is 350 g/mol. The standard InChI is InChI=1S/C17H16F2N2O4/c1-23-14-8-7-11(9-15(14)24-2)16(22)21-20-10-12-5-3-4-6-13(12)25-17(18)19/h3-10,17H,1-2H3,(H,21,22)/b20-10+. The number of alkyl halides is 2. The van der Waals surface area contributed by atoms with E-state index in [-0.39, 0.29) is 5.75 Å². The van der Waals surface area contributed by atoms with Crippen molar-refractivity contribution in [2.45, 2.75) is 6.61 Å². The molecular formula is C17H16F2N2O4. The van der Waals surface area contributed by atoms with Gasteiger partial charge in [-0.25, -0.2) is 5.43 Å². The molecule has 0 aliphatic carbocycles. The number of rotatable bonds is 7. The lowest BCUT2D eigenvalue weighted by Gasteiger charge is -2.09. The van der Waals surface area contributed by atoms with E-state index in [4.69, 9.17) is 9.47 Å². The second-order valence-electron chi connectivity index (χ2n) is 4.69. The second kappa shape index (κ2) is 8.62. The number of hydrogen-bond acceptors (Lipinski definition) is 5. The van der Waals surface area contributed by atoms with Gasteiger partial charge in [0.1, 0.15) is 5.75 Å². The number of amides is 1. The molecule has 0 saturated heterocycles. The van der Waals surface area contributed by atoms with Gasteiger partial charge in [-0.1, -0.05) is 12.1 Å². The molecular weight excluding hydrogens is 334 g/mol. The van der Waals surface area contributed by atoms with Crippen LogP contribution in [0.2, 0.25) is 0 Å². The quantitative estimate of drug-likeness (QED) is 0.615. The maximum Gasteiger partial charge on any atom is 0.387 e. The van der Waals surface area contributed by atoms with E-state index in [0.717, 1.165) is 0 Å². The normalized spacial score (nSPS) is 10.8. The number of para-hydroxylation sites is 1. The molecule has 0 saturated carbocycles.